The van der Waals surface area contributed by atoms with Gasteiger partial charge in [-0.05, 0) is 30.6 Å². The van der Waals surface area contributed by atoms with E-state index >= 15 is 0 Å². The Labute approximate surface area is 107 Å². The second-order valence-electron chi connectivity index (χ2n) is 6.75. The molecule has 1 aliphatic rings. The molecule has 0 amide bonds. The third-order valence-corrected chi connectivity index (χ3v) is 6.20. The Kier molecular flexibility index (Phi) is 3.25. The molecule has 3 unspecified atom stereocenters. The number of rotatable bonds is 2. The van der Waals surface area contributed by atoms with Gasteiger partial charge in [0.15, 0.2) is 0 Å². The van der Waals surface area contributed by atoms with Crippen LogP contribution in [0.25, 0.3) is 0 Å². The second-order valence-corrected chi connectivity index (χ2v) is 6.75. The van der Waals surface area contributed by atoms with Gasteiger partial charge in [-0.2, -0.15) is 5.26 Å². The predicted molar refractivity (Wildman–Crippen MR) is 73.4 cm³/mol. The lowest BCUT2D eigenvalue weighted by Crippen LogP contribution is -2.56. The number of hydrogen-bond acceptors (Lipinski definition) is 1. The molecule has 0 fully saturated rings. The summed E-state index contributed by atoms with van der Waals surface area (Å²) in [4.78, 5) is 0. The Bertz CT molecular complexity index is 373. The SMILES string of the molecule is CCC1(C)C=CC(C)(C)C(C)(CC)C1(C)C#N. The van der Waals surface area contributed by atoms with E-state index in [0.29, 0.717) is 0 Å². The fraction of sp³-hybridized carbons (Fsp3) is 0.812. The fourth-order valence-electron chi connectivity index (χ4n) is 3.55. The van der Waals surface area contributed by atoms with Crippen molar-refractivity contribution in [3.63, 3.8) is 0 Å². The number of nitriles is 1. The van der Waals surface area contributed by atoms with Crippen molar-refractivity contribution in [3.05, 3.63) is 12.2 Å². The minimum atomic E-state index is -0.318. The van der Waals surface area contributed by atoms with Crippen LogP contribution in [0.1, 0.15) is 61.3 Å². The summed E-state index contributed by atoms with van der Waals surface area (Å²) in [6.07, 6.45) is 6.66. The zero-order chi connectivity index (χ0) is 13.5. The highest BCUT2D eigenvalue weighted by Crippen LogP contribution is 2.65. The smallest absolute Gasteiger partial charge is 0.0702 e. The zero-order valence-corrected chi connectivity index (χ0v) is 12.5. The van der Waals surface area contributed by atoms with Crippen LogP contribution in [0.5, 0.6) is 0 Å². The van der Waals surface area contributed by atoms with Crippen molar-refractivity contribution in [2.45, 2.75) is 61.3 Å². The van der Waals surface area contributed by atoms with Gasteiger partial charge >= 0.3 is 0 Å². The van der Waals surface area contributed by atoms with Crippen molar-refractivity contribution >= 4 is 0 Å². The lowest BCUT2D eigenvalue weighted by Gasteiger charge is -2.60. The topological polar surface area (TPSA) is 23.8 Å². The van der Waals surface area contributed by atoms with E-state index in [-0.39, 0.29) is 21.7 Å². The maximum absolute atomic E-state index is 9.83. The summed E-state index contributed by atoms with van der Waals surface area (Å²) < 4.78 is 0. The first kappa shape index (κ1) is 14.3. The van der Waals surface area contributed by atoms with Crippen LogP contribution in [0.3, 0.4) is 0 Å². The Balaban J connectivity index is 3.57. The summed E-state index contributed by atoms with van der Waals surface area (Å²) in [6.45, 7) is 15.6. The zero-order valence-electron chi connectivity index (χ0n) is 12.5. The quantitative estimate of drug-likeness (QED) is 0.619. The van der Waals surface area contributed by atoms with Crippen LogP contribution in [-0.4, -0.2) is 0 Å². The van der Waals surface area contributed by atoms with Crippen LogP contribution < -0.4 is 0 Å². The molecule has 0 heterocycles. The summed E-state index contributed by atoms with van der Waals surface area (Å²) >= 11 is 0. The van der Waals surface area contributed by atoms with Crippen LogP contribution in [0.2, 0.25) is 0 Å². The Morgan fingerprint density at radius 1 is 0.941 bits per heavy atom. The van der Waals surface area contributed by atoms with Gasteiger partial charge in [0, 0.05) is 5.41 Å². The normalized spacial score (nSPS) is 44.4. The molecular formula is C16H27N. The van der Waals surface area contributed by atoms with Gasteiger partial charge in [0.2, 0.25) is 0 Å². The summed E-state index contributed by atoms with van der Waals surface area (Å²) in [6, 6.07) is 2.67. The number of allylic oxidation sites excluding steroid dienone is 2. The van der Waals surface area contributed by atoms with E-state index in [1.165, 1.54) is 0 Å². The molecule has 0 saturated heterocycles. The molecule has 0 aromatic rings. The molecule has 0 saturated carbocycles. The monoisotopic (exact) mass is 233 g/mol. The highest BCUT2D eigenvalue weighted by Gasteiger charge is 2.61. The van der Waals surface area contributed by atoms with Gasteiger partial charge in [-0.25, -0.2) is 0 Å². The van der Waals surface area contributed by atoms with E-state index in [1.54, 1.807) is 0 Å². The van der Waals surface area contributed by atoms with Crippen LogP contribution in [0.15, 0.2) is 12.2 Å². The molecular weight excluding hydrogens is 206 g/mol. The van der Waals surface area contributed by atoms with E-state index in [1.807, 2.05) is 0 Å². The summed E-state index contributed by atoms with van der Waals surface area (Å²) in [5, 5.41) is 9.83. The molecule has 3 atom stereocenters. The van der Waals surface area contributed by atoms with Gasteiger partial charge in [0.05, 0.1) is 11.5 Å². The molecule has 0 aromatic heterocycles. The van der Waals surface area contributed by atoms with E-state index in [9.17, 15) is 5.26 Å². The van der Waals surface area contributed by atoms with Crippen LogP contribution in [-0.2, 0) is 0 Å². The van der Waals surface area contributed by atoms with E-state index < -0.39 is 0 Å². The highest BCUT2D eigenvalue weighted by atomic mass is 14.6. The molecule has 96 valence electrons. The molecule has 1 rings (SSSR count). The molecule has 0 aromatic carbocycles. The maximum atomic E-state index is 9.83. The summed E-state index contributed by atoms with van der Waals surface area (Å²) in [5.41, 5.74) is -0.265. The maximum Gasteiger partial charge on any atom is 0.0702 e. The van der Waals surface area contributed by atoms with Crippen LogP contribution in [0, 0.1) is 33.0 Å². The molecule has 1 aliphatic carbocycles. The van der Waals surface area contributed by atoms with Crippen molar-refractivity contribution < 1.29 is 0 Å². The number of hydrogen-bond donors (Lipinski definition) is 0. The molecule has 0 N–H and O–H groups in total. The Morgan fingerprint density at radius 2 is 1.47 bits per heavy atom. The highest BCUT2D eigenvalue weighted by molar-refractivity contribution is 5.28. The first-order valence-corrected chi connectivity index (χ1v) is 6.76. The molecule has 0 bridgehead atoms. The van der Waals surface area contributed by atoms with Crippen molar-refractivity contribution in [1.29, 1.82) is 5.26 Å². The van der Waals surface area contributed by atoms with Gasteiger partial charge in [-0.15, -0.1) is 0 Å². The summed E-state index contributed by atoms with van der Waals surface area (Å²) in [5.74, 6) is 0. The van der Waals surface area contributed by atoms with Crippen molar-refractivity contribution in [3.8, 4) is 6.07 Å². The van der Waals surface area contributed by atoms with Gasteiger partial charge in [-0.1, -0.05) is 53.7 Å². The largest absolute Gasteiger partial charge is 0.198 e. The van der Waals surface area contributed by atoms with E-state index in [4.69, 9.17) is 0 Å². The fourth-order valence-corrected chi connectivity index (χ4v) is 3.55. The third-order valence-electron chi connectivity index (χ3n) is 6.20. The van der Waals surface area contributed by atoms with Crippen molar-refractivity contribution in [2.75, 3.05) is 0 Å². The van der Waals surface area contributed by atoms with Crippen molar-refractivity contribution in [1.82, 2.24) is 0 Å². The van der Waals surface area contributed by atoms with Crippen molar-refractivity contribution in [2.24, 2.45) is 21.7 Å². The van der Waals surface area contributed by atoms with E-state index in [0.717, 1.165) is 12.8 Å². The number of nitrogens with zero attached hydrogens (tertiary/aromatic N) is 1. The summed E-state index contributed by atoms with van der Waals surface area (Å²) in [7, 11) is 0. The second kappa shape index (κ2) is 3.87. The molecule has 0 spiro atoms. The van der Waals surface area contributed by atoms with Gasteiger partial charge in [0.1, 0.15) is 0 Å². The molecule has 1 heteroatoms. The molecule has 1 nitrogen and oxygen atoms in total. The average molecular weight is 233 g/mol. The average Bonchev–Trinajstić information content (AvgIpc) is 2.32. The van der Waals surface area contributed by atoms with Gasteiger partial charge in [0.25, 0.3) is 0 Å². The predicted octanol–water partition coefficient (Wildman–Crippen LogP) is 4.94. The Morgan fingerprint density at radius 3 is 1.82 bits per heavy atom. The van der Waals surface area contributed by atoms with Gasteiger partial charge in [-0.3, -0.25) is 0 Å². The van der Waals surface area contributed by atoms with E-state index in [2.05, 4.69) is 66.7 Å². The van der Waals surface area contributed by atoms with Crippen LogP contribution >= 0.6 is 0 Å². The lowest BCUT2D eigenvalue weighted by molar-refractivity contribution is -0.0660. The molecule has 0 aliphatic heterocycles. The lowest BCUT2D eigenvalue weighted by atomic mass is 9.41. The van der Waals surface area contributed by atoms with Crippen LogP contribution in [0.4, 0.5) is 0 Å². The molecule has 0 radical (unpaired) electrons. The Hall–Kier alpha value is -0.770. The minimum Gasteiger partial charge on any atom is -0.198 e. The third kappa shape index (κ3) is 1.49. The standard InChI is InChI=1S/C16H27N/c1-8-14(5)11-10-13(3,4)15(6,9-2)16(14,7)12-17/h10-11H,8-9H2,1-7H3. The first-order chi connectivity index (χ1) is 7.64. The van der Waals surface area contributed by atoms with Gasteiger partial charge < -0.3 is 0 Å². The molecule has 17 heavy (non-hydrogen) atoms. The minimum absolute atomic E-state index is 0.00819. The first-order valence-electron chi connectivity index (χ1n) is 6.76.